The summed E-state index contributed by atoms with van der Waals surface area (Å²) in [7, 11) is 0. The van der Waals surface area contributed by atoms with Gasteiger partial charge < -0.3 is 9.84 Å². The second kappa shape index (κ2) is 3.70. The van der Waals surface area contributed by atoms with Crippen molar-refractivity contribution in [1.82, 2.24) is 3.11 Å². The molecule has 4 heteroatoms. The first-order valence-corrected chi connectivity index (χ1v) is 3.92. The van der Waals surface area contributed by atoms with E-state index in [1.54, 1.807) is 0 Å². The zero-order valence-electron chi connectivity index (χ0n) is 5.09. The van der Waals surface area contributed by atoms with Gasteiger partial charge in [0.15, 0.2) is 0 Å². The van der Waals surface area contributed by atoms with Crippen LogP contribution in [0.5, 0.6) is 0 Å². The van der Waals surface area contributed by atoms with Crippen molar-refractivity contribution in [2.45, 2.75) is 6.04 Å². The van der Waals surface area contributed by atoms with E-state index >= 15 is 0 Å². The van der Waals surface area contributed by atoms with Crippen LogP contribution in [-0.4, -0.2) is 40.6 Å². The molecule has 1 atom stereocenters. The lowest BCUT2D eigenvalue weighted by atomic mass is 10.3. The van der Waals surface area contributed by atoms with Crippen LogP contribution in [0.15, 0.2) is 0 Å². The van der Waals surface area contributed by atoms with E-state index in [0.717, 1.165) is 13.2 Å². The summed E-state index contributed by atoms with van der Waals surface area (Å²) < 4.78 is 7.22. The molecule has 0 aromatic heterocycles. The van der Waals surface area contributed by atoms with Crippen LogP contribution in [0, 0.1) is 0 Å². The second-order valence-corrected chi connectivity index (χ2v) is 3.27. The smallest absolute Gasteiger partial charge is 0.0660 e. The predicted octanol–water partition coefficient (Wildman–Crippen LogP) is 0.0295. The lowest BCUT2D eigenvalue weighted by molar-refractivity contribution is 0.0229. The molecule has 1 rings (SSSR count). The van der Waals surface area contributed by atoms with Crippen LogP contribution in [0.4, 0.5) is 0 Å². The highest BCUT2D eigenvalue weighted by Gasteiger charge is 2.18. The molecule has 3 nitrogen and oxygen atoms in total. The Morgan fingerprint density at radius 3 is 3.00 bits per heavy atom. The number of aliphatic hydroxyl groups is 1. The van der Waals surface area contributed by atoms with Crippen LogP contribution >= 0.6 is 22.9 Å². The third-order valence-corrected chi connectivity index (χ3v) is 2.64. The van der Waals surface area contributed by atoms with Crippen molar-refractivity contribution in [3.8, 4) is 0 Å². The molecule has 0 spiro atoms. The predicted molar refractivity (Wildman–Crippen MR) is 42.4 cm³/mol. The molecule has 0 radical (unpaired) electrons. The van der Waals surface area contributed by atoms with Gasteiger partial charge in [0.2, 0.25) is 0 Å². The first kappa shape index (κ1) is 7.71. The van der Waals surface area contributed by atoms with Gasteiger partial charge in [-0.05, 0) is 0 Å². The van der Waals surface area contributed by atoms with Crippen LogP contribution in [0.1, 0.15) is 0 Å². The Labute approximate surface area is 68.5 Å². The third-order valence-electron chi connectivity index (χ3n) is 1.37. The first-order chi connectivity index (χ1) is 4.34. The highest BCUT2D eigenvalue weighted by atomic mass is 127. The molecule has 1 fully saturated rings. The fourth-order valence-electron chi connectivity index (χ4n) is 0.776. The Kier molecular flexibility index (Phi) is 3.17. The van der Waals surface area contributed by atoms with Gasteiger partial charge in [-0.3, -0.25) is 0 Å². The Balaban J connectivity index is 2.30. The highest BCUT2D eigenvalue weighted by Crippen LogP contribution is 2.10. The van der Waals surface area contributed by atoms with Crippen LogP contribution < -0.4 is 0 Å². The van der Waals surface area contributed by atoms with Crippen molar-refractivity contribution in [1.29, 1.82) is 0 Å². The van der Waals surface area contributed by atoms with Gasteiger partial charge >= 0.3 is 0 Å². The average Bonchev–Trinajstić information content (AvgIpc) is 1.89. The van der Waals surface area contributed by atoms with Crippen LogP contribution in [0.3, 0.4) is 0 Å². The molecule has 1 heterocycles. The molecule has 1 saturated heterocycles. The summed E-state index contributed by atoms with van der Waals surface area (Å²) >= 11 is 2.21. The summed E-state index contributed by atoms with van der Waals surface area (Å²) in [6, 6.07) is 0.208. The van der Waals surface area contributed by atoms with Crippen molar-refractivity contribution in [3.63, 3.8) is 0 Å². The number of ether oxygens (including phenoxy) is 1. The lowest BCUT2D eigenvalue weighted by Crippen LogP contribution is -2.41. The van der Waals surface area contributed by atoms with Gasteiger partial charge in [0.05, 0.1) is 25.9 Å². The summed E-state index contributed by atoms with van der Waals surface area (Å²) in [6.45, 7) is 2.58. The SMILES string of the molecule is OC[C@H]1COCCN1I. The molecule has 0 saturated carbocycles. The largest absolute Gasteiger partial charge is 0.395 e. The number of halogens is 1. The van der Waals surface area contributed by atoms with Crippen molar-refractivity contribution < 1.29 is 9.84 Å². The van der Waals surface area contributed by atoms with Gasteiger partial charge in [-0.2, -0.15) is 0 Å². The van der Waals surface area contributed by atoms with E-state index in [9.17, 15) is 0 Å². The standard InChI is InChI=1S/C5H10INO2/c6-7-1-2-9-4-5(7)3-8/h5,8H,1-4H2/t5-/m0/s1. The van der Waals surface area contributed by atoms with Crippen molar-refractivity contribution in [3.05, 3.63) is 0 Å². The van der Waals surface area contributed by atoms with Gasteiger partial charge in [-0.15, -0.1) is 0 Å². The van der Waals surface area contributed by atoms with E-state index in [-0.39, 0.29) is 12.6 Å². The van der Waals surface area contributed by atoms with Crippen molar-refractivity contribution in [2.24, 2.45) is 0 Å². The second-order valence-electron chi connectivity index (χ2n) is 2.03. The Hall–Kier alpha value is 0.610. The van der Waals surface area contributed by atoms with Gasteiger partial charge in [0.25, 0.3) is 0 Å². The maximum Gasteiger partial charge on any atom is 0.0660 e. The molecular weight excluding hydrogens is 233 g/mol. The molecule has 1 aliphatic rings. The summed E-state index contributed by atoms with van der Waals surface area (Å²) in [6.07, 6.45) is 0. The molecule has 1 N–H and O–H groups in total. The number of aliphatic hydroxyl groups excluding tert-OH is 1. The molecule has 0 aromatic carbocycles. The number of hydrogen-bond donors (Lipinski definition) is 1. The van der Waals surface area contributed by atoms with Gasteiger partial charge in [0, 0.05) is 29.4 Å². The normalized spacial score (nSPS) is 30.7. The topological polar surface area (TPSA) is 32.7 Å². The molecular formula is C5H10INO2. The Morgan fingerprint density at radius 2 is 2.56 bits per heavy atom. The number of nitrogens with zero attached hydrogens (tertiary/aromatic N) is 1. The molecule has 0 bridgehead atoms. The minimum absolute atomic E-state index is 0.197. The van der Waals surface area contributed by atoms with E-state index < -0.39 is 0 Å². The molecule has 54 valence electrons. The zero-order chi connectivity index (χ0) is 6.69. The Morgan fingerprint density at radius 1 is 1.78 bits per heavy atom. The van der Waals surface area contributed by atoms with Crippen LogP contribution in [0.25, 0.3) is 0 Å². The highest BCUT2D eigenvalue weighted by molar-refractivity contribution is 14.1. The van der Waals surface area contributed by atoms with Gasteiger partial charge in [-0.25, -0.2) is 3.11 Å². The van der Waals surface area contributed by atoms with Crippen LogP contribution in [-0.2, 0) is 4.74 Å². The lowest BCUT2D eigenvalue weighted by Gasteiger charge is -2.28. The maximum atomic E-state index is 8.73. The summed E-state index contributed by atoms with van der Waals surface area (Å²) in [5.41, 5.74) is 0. The molecule has 0 aliphatic carbocycles. The Bertz CT molecular complexity index is 91.0. The van der Waals surface area contributed by atoms with Gasteiger partial charge in [0.1, 0.15) is 0 Å². The quantitative estimate of drug-likeness (QED) is 0.521. The summed E-state index contributed by atoms with van der Waals surface area (Å²) in [5, 5.41) is 8.73. The fraction of sp³-hybridized carbons (Fsp3) is 1.00. The van der Waals surface area contributed by atoms with E-state index in [0.29, 0.717) is 6.61 Å². The van der Waals surface area contributed by atoms with E-state index in [1.165, 1.54) is 0 Å². The number of rotatable bonds is 1. The zero-order valence-corrected chi connectivity index (χ0v) is 7.24. The number of hydrogen-bond acceptors (Lipinski definition) is 3. The van der Waals surface area contributed by atoms with Crippen molar-refractivity contribution in [2.75, 3.05) is 26.4 Å². The van der Waals surface area contributed by atoms with E-state index in [2.05, 4.69) is 26.0 Å². The van der Waals surface area contributed by atoms with E-state index in [1.807, 2.05) is 0 Å². The average molecular weight is 243 g/mol. The van der Waals surface area contributed by atoms with Crippen molar-refractivity contribution >= 4 is 22.9 Å². The maximum absolute atomic E-state index is 8.73. The fourth-order valence-corrected chi connectivity index (χ4v) is 1.31. The summed E-state index contributed by atoms with van der Waals surface area (Å²) in [5.74, 6) is 0. The molecule has 9 heavy (non-hydrogen) atoms. The van der Waals surface area contributed by atoms with E-state index in [4.69, 9.17) is 9.84 Å². The van der Waals surface area contributed by atoms with Crippen LogP contribution in [0.2, 0.25) is 0 Å². The molecule has 0 amide bonds. The number of morpholine rings is 1. The monoisotopic (exact) mass is 243 g/mol. The molecule has 0 unspecified atom stereocenters. The minimum Gasteiger partial charge on any atom is -0.395 e. The first-order valence-electron chi connectivity index (χ1n) is 2.95. The minimum atomic E-state index is 0.197. The third kappa shape index (κ3) is 2.03. The molecule has 1 aliphatic heterocycles. The summed E-state index contributed by atoms with van der Waals surface area (Å²) in [4.78, 5) is 0. The van der Waals surface area contributed by atoms with Gasteiger partial charge in [-0.1, -0.05) is 0 Å². The molecule has 0 aromatic rings.